The van der Waals surface area contributed by atoms with E-state index in [4.69, 9.17) is 0 Å². The minimum absolute atomic E-state index is 0.877. The Bertz CT molecular complexity index is 583. The molecule has 2 aliphatic rings. The molecule has 0 bridgehead atoms. The van der Waals surface area contributed by atoms with Crippen LogP contribution >= 0.6 is 0 Å². The molecule has 1 N–H and O–H groups in total. The number of benzene rings is 1. The summed E-state index contributed by atoms with van der Waals surface area (Å²) in [5.74, 6) is 1.75. The number of aromatic nitrogens is 1. The number of pyridine rings is 1. The van der Waals surface area contributed by atoms with Crippen molar-refractivity contribution >= 4 is 10.9 Å². The number of nitrogens with one attached hydrogen (secondary N) is 1. The molecule has 4 rings (SSSR count). The van der Waals surface area contributed by atoms with Crippen molar-refractivity contribution in [1.82, 2.24) is 15.2 Å². The lowest BCUT2D eigenvalue weighted by Gasteiger charge is -2.17. The number of hydrogen-bond acceptors (Lipinski definition) is 3. The Kier molecular flexibility index (Phi) is 2.75. The summed E-state index contributed by atoms with van der Waals surface area (Å²) >= 11 is 0. The normalized spacial score (nSPS) is 26.9. The molecule has 1 aromatic carbocycles. The van der Waals surface area contributed by atoms with Gasteiger partial charge in [0, 0.05) is 31.2 Å². The zero-order valence-electron chi connectivity index (χ0n) is 11.0. The average molecular weight is 253 g/mol. The second kappa shape index (κ2) is 4.58. The highest BCUT2D eigenvalue weighted by molar-refractivity contribution is 5.78. The third kappa shape index (κ3) is 2.13. The van der Waals surface area contributed by atoms with E-state index < -0.39 is 0 Å². The van der Waals surface area contributed by atoms with Crippen LogP contribution in [0.1, 0.15) is 5.56 Å². The van der Waals surface area contributed by atoms with Gasteiger partial charge in [0.1, 0.15) is 0 Å². The van der Waals surface area contributed by atoms with Gasteiger partial charge in [-0.3, -0.25) is 9.88 Å². The third-order valence-electron chi connectivity index (χ3n) is 4.54. The molecular weight excluding hydrogens is 234 g/mol. The molecule has 19 heavy (non-hydrogen) atoms. The van der Waals surface area contributed by atoms with Crippen LogP contribution in [0, 0.1) is 11.8 Å². The van der Waals surface area contributed by atoms with E-state index in [-0.39, 0.29) is 0 Å². The maximum absolute atomic E-state index is 4.38. The van der Waals surface area contributed by atoms with Crippen LogP contribution in [0.2, 0.25) is 0 Å². The molecule has 2 fully saturated rings. The van der Waals surface area contributed by atoms with E-state index in [1.165, 1.54) is 37.1 Å². The molecule has 2 aliphatic heterocycles. The molecule has 98 valence electrons. The molecule has 0 unspecified atom stereocenters. The number of likely N-dealkylation sites (tertiary alicyclic amines) is 1. The smallest absolute Gasteiger partial charge is 0.0702 e. The summed E-state index contributed by atoms with van der Waals surface area (Å²) in [6.45, 7) is 6.01. The van der Waals surface area contributed by atoms with E-state index in [2.05, 4.69) is 39.5 Å². The Morgan fingerprint density at radius 1 is 1.16 bits per heavy atom. The highest BCUT2D eigenvalue weighted by Gasteiger charge is 2.35. The van der Waals surface area contributed by atoms with Crippen LogP contribution in [0.5, 0.6) is 0 Å². The molecule has 0 amide bonds. The van der Waals surface area contributed by atoms with Crippen molar-refractivity contribution in [2.24, 2.45) is 11.8 Å². The molecule has 0 spiro atoms. The van der Waals surface area contributed by atoms with Crippen molar-refractivity contribution in [2.75, 3.05) is 26.2 Å². The van der Waals surface area contributed by atoms with E-state index in [1.807, 2.05) is 12.3 Å². The van der Waals surface area contributed by atoms with Gasteiger partial charge >= 0.3 is 0 Å². The zero-order valence-corrected chi connectivity index (χ0v) is 11.0. The van der Waals surface area contributed by atoms with Crippen LogP contribution in [0.3, 0.4) is 0 Å². The van der Waals surface area contributed by atoms with Crippen LogP contribution < -0.4 is 5.32 Å². The molecule has 2 saturated heterocycles. The van der Waals surface area contributed by atoms with Gasteiger partial charge in [-0.25, -0.2) is 0 Å². The lowest BCUT2D eigenvalue weighted by Crippen LogP contribution is -2.25. The van der Waals surface area contributed by atoms with Gasteiger partial charge in [-0.1, -0.05) is 12.1 Å². The Morgan fingerprint density at radius 2 is 2.00 bits per heavy atom. The van der Waals surface area contributed by atoms with Crippen molar-refractivity contribution < 1.29 is 0 Å². The van der Waals surface area contributed by atoms with Gasteiger partial charge in [0.2, 0.25) is 0 Å². The highest BCUT2D eigenvalue weighted by atomic mass is 15.2. The molecule has 2 aromatic rings. The van der Waals surface area contributed by atoms with Crippen molar-refractivity contribution in [3.8, 4) is 0 Å². The SMILES string of the molecule is c1cnc2ccc(CN3C[C@H]4CNC[C@H]4C3)cc2c1. The summed E-state index contributed by atoms with van der Waals surface area (Å²) in [5, 5.41) is 4.75. The summed E-state index contributed by atoms with van der Waals surface area (Å²) in [6.07, 6.45) is 1.86. The number of hydrogen-bond donors (Lipinski definition) is 1. The first-order chi connectivity index (χ1) is 9.38. The fourth-order valence-electron chi connectivity index (χ4n) is 3.56. The Morgan fingerprint density at radius 3 is 2.84 bits per heavy atom. The van der Waals surface area contributed by atoms with E-state index in [0.717, 1.165) is 23.9 Å². The fraction of sp³-hybridized carbons (Fsp3) is 0.438. The number of fused-ring (bicyclic) bond motifs is 2. The Hall–Kier alpha value is -1.45. The Labute approximate surface area is 113 Å². The van der Waals surface area contributed by atoms with E-state index in [9.17, 15) is 0 Å². The van der Waals surface area contributed by atoms with E-state index in [0.29, 0.717) is 0 Å². The largest absolute Gasteiger partial charge is 0.316 e. The highest BCUT2D eigenvalue weighted by Crippen LogP contribution is 2.27. The molecule has 2 atom stereocenters. The first-order valence-electron chi connectivity index (χ1n) is 7.15. The minimum Gasteiger partial charge on any atom is -0.316 e. The van der Waals surface area contributed by atoms with Crippen molar-refractivity contribution in [1.29, 1.82) is 0 Å². The predicted octanol–water partition coefficient (Wildman–Crippen LogP) is 1.89. The number of rotatable bonds is 2. The van der Waals surface area contributed by atoms with Crippen molar-refractivity contribution in [2.45, 2.75) is 6.54 Å². The third-order valence-corrected chi connectivity index (χ3v) is 4.54. The first-order valence-corrected chi connectivity index (χ1v) is 7.15. The van der Waals surface area contributed by atoms with Crippen LogP contribution in [0.25, 0.3) is 10.9 Å². The summed E-state index contributed by atoms with van der Waals surface area (Å²) < 4.78 is 0. The summed E-state index contributed by atoms with van der Waals surface area (Å²) in [5.41, 5.74) is 2.50. The van der Waals surface area contributed by atoms with Gasteiger partial charge in [0.05, 0.1) is 5.52 Å². The predicted molar refractivity (Wildman–Crippen MR) is 76.9 cm³/mol. The molecule has 0 aliphatic carbocycles. The monoisotopic (exact) mass is 253 g/mol. The van der Waals surface area contributed by atoms with Gasteiger partial charge in [-0.05, 0) is 48.7 Å². The maximum Gasteiger partial charge on any atom is 0.0702 e. The molecular formula is C16H19N3. The number of nitrogens with zero attached hydrogens (tertiary/aromatic N) is 2. The second-order valence-corrected chi connectivity index (χ2v) is 5.90. The quantitative estimate of drug-likeness (QED) is 0.886. The van der Waals surface area contributed by atoms with Crippen LogP contribution in [-0.4, -0.2) is 36.1 Å². The minimum atomic E-state index is 0.877. The summed E-state index contributed by atoms with van der Waals surface area (Å²) in [4.78, 5) is 6.98. The molecule has 3 nitrogen and oxygen atoms in total. The first kappa shape index (κ1) is 11.4. The molecule has 0 radical (unpaired) electrons. The van der Waals surface area contributed by atoms with Gasteiger partial charge in [0.25, 0.3) is 0 Å². The van der Waals surface area contributed by atoms with Gasteiger partial charge in [-0.15, -0.1) is 0 Å². The van der Waals surface area contributed by atoms with Crippen molar-refractivity contribution in [3.05, 3.63) is 42.1 Å². The van der Waals surface area contributed by atoms with E-state index >= 15 is 0 Å². The summed E-state index contributed by atoms with van der Waals surface area (Å²) in [6, 6.07) is 10.8. The molecule has 1 aromatic heterocycles. The lowest BCUT2D eigenvalue weighted by atomic mass is 10.0. The van der Waals surface area contributed by atoms with E-state index in [1.54, 1.807) is 0 Å². The van der Waals surface area contributed by atoms with Gasteiger partial charge in [0.15, 0.2) is 0 Å². The van der Waals surface area contributed by atoms with Gasteiger partial charge < -0.3 is 5.32 Å². The average Bonchev–Trinajstić information content (AvgIpc) is 2.99. The maximum atomic E-state index is 4.38. The standard InChI is InChI=1S/C16H19N3/c1-2-13-6-12(3-4-16(13)18-5-1)9-19-10-14-7-17-8-15(14)11-19/h1-6,14-15,17H,7-11H2/t14-,15+. The molecule has 3 heterocycles. The second-order valence-electron chi connectivity index (χ2n) is 5.90. The van der Waals surface area contributed by atoms with Crippen molar-refractivity contribution in [3.63, 3.8) is 0 Å². The zero-order chi connectivity index (χ0) is 12.7. The topological polar surface area (TPSA) is 28.2 Å². The van der Waals surface area contributed by atoms with Crippen LogP contribution in [0.15, 0.2) is 36.5 Å². The van der Waals surface area contributed by atoms with Gasteiger partial charge in [-0.2, -0.15) is 0 Å². The van der Waals surface area contributed by atoms with Crippen LogP contribution in [-0.2, 0) is 6.54 Å². The molecule has 0 saturated carbocycles. The lowest BCUT2D eigenvalue weighted by molar-refractivity contribution is 0.306. The molecule has 3 heteroatoms. The fourth-order valence-corrected chi connectivity index (χ4v) is 3.56. The Balaban J connectivity index is 1.52. The summed E-state index contributed by atoms with van der Waals surface area (Å²) in [7, 11) is 0. The van der Waals surface area contributed by atoms with Crippen LogP contribution in [0.4, 0.5) is 0 Å².